The van der Waals surface area contributed by atoms with Crippen molar-refractivity contribution in [2.24, 2.45) is 10.9 Å². The number of sulfonamides is 1. The van der Waals surface area contributed by atoms with Crippen molar-refractivity contribution >= 4 is 21.6 Å². The first kappa shape index (κ1) is 13.0. The lowest BCUT2D eigenvalue weighted by Gasteiger charge is -2.36. The Labute approximate surface area is 105 Å². The van der Waals surface area contributed by atoms with E-state index in [1.807, 2.05) is 0 Å². The molecule has 1 aromatic rings. The molecule has 1 fully saturated rings. The van der Waals surface area contributed by atoms with Crippen molar-refractivity contribution in [3.05, 3.63) is 24.3 Å². The maximum Gasteiger partial charge on any atom is 0.244 e. The second-order valence-electron chi connectivity index (χ2n) is 4.54. The van der Waals surface area contributed by atoms with Gasteiger partial charge in [-0.2, -0.15) is 0 Å². The fourth-order valence-corrected chi connectivity index (χ4v) is 2.35. The Hall–Kier alpha value is -1.44. The Bertz CT molecular complexity index is 579. The highest BCUT2D eigenvalue weighted by atomic mass is 32.2. The Morgan fingerprint density at radius 3 is 2.50 bits per heavy atom. The molecule has 7 heteroatoms. The zero-order valence-corrected chi connectivity index (χ0v) is 10.5. The molecule has 1 saturated carbocycles. The molecule has 98 valence electrons. The SMILES string of the molecule is NC1(C(=O)Nc2cccc(S(N)(=O)=O)c2)CCC1. The van der Waals surface area contributed by atoms with Crippen molar-refractivity contribution in [3.63, 3.8) is 0 Å². The largest absolute Gasteiger partial charge is 0.324 e. The zero-order chi connectivity index (χ0) is 13.4. The van der Waals surface area contributed by atoms with Crippen LogP contribution in [0, 0.1) is 0 Å². The van der Waals surface area contributed by atoms with Gasteiger partial charge in [-0.25, -0.2) is 13.6 Å². The molecule has 1 amide bonds. The molecule has 0 spiro atoms. The van der Waals surface area contributed by atoms with Gasteiger partial charge < -0.3 is 11.1 Å². The van der Waals surface area contributed by atoms with Gasteiger partial charge in [0.15, 0.2) is 0 Å². The monoisotopic (exact) mass is 269 g/mol. The van der Waals surface area contributed by atoms with Crippen LogP contribution < -0.4 is 16.2 Å². The summed E-state index contributed by atoms with van der Waals surface area (Å²) >= 11 is 0. The molecular formula is C11H15N3O3S. The number of anilines is 1. The third-order valence-corrected chi connectivity index (χ3v) is 4.03. The third-order valence-electron chi connectivity index (χ3n) is 3.12. The number of amides is 1. The fourth-order valence-electron chi connectivity index (χ4n) is 1.79. The van der Waals surface area contributed by atoms with Gasteiger partial charge in [0.2, 0.25) is 15.9 Å². The second kappa shape index (κ2) is 4.34. The van der Waals surface area contributed by atoms with Crippen LogP contribution in [0.4, 0.5) is 5.69 Å². The fraction of sp³-hybridized carbons (Fsp3) is 0.364. The van der Waals surface area contributed by atoms with Crippen LogP contribution in [0.25, 0.3) is 0 Å². The van der Waals surface area contributed by atoms with Crippen LogP contribution in [-0.2, 0) is 14.8 Å². The van der Waals surface area contributed by atoms with Gasteiger partial charge in [-0.15, -0.1) is 0 Å². The van der Waals surface area contributed by atoms with E-state index >= 15 is 0 Å². The van der Waals surface area contributed by atoms with Crippen LogP contribution in [0.2, 0.25) is 0 Å². The Kier molecular flexibility index (Phi) is 3.14. The summed E-state index contributed by atoms with van der Waals surface area (Å²) in [5, 5.41) is 7.63. The summed E-state index contributed by atoms with van der Waals surface area (Å²) in [6, 6.07) is 5.79. The van der Waals surface area contributed by atoms with E-state index in [9.17, 15) is 13.2 Å². The lowest BCUT2D eigenvalue weighted by atomic mass is 9.77. The predicted octanol–water partition coefficient (Wildman–Crippen LogP) is 0.154. The lowest BCUT2D eigenvalue weighted by molar-refractivity contribution is -0.123. The van der Waals surface area contributed by atoms with Gasteiger partial charge in [-0.3, -0.25) is 4.79 Å². The molecule has 6 nitrogen and oxygen atoms in total. The van der Waals surface area contributed by atoms with E-state index in [1.165, 1.54) is 18.2 Å². The van der Waals surface area contributed by atoms with Crippen molar-refractivity contribution in [1.29, 1.82) is 0 Å². The van der Waals surface area contributed by atoms with Gasteiger partial charge in [0, 0.05) is 5.69 Å². The molecule has 1 aliphatic carbocycles. The van der Waals surface area contributed by atoms with Crippen molar-refractivity contribution in [2.75, 3.05) is 5.32 Å². The van der Waals surface area contributed by atoms with Crippen LogP contribution in [0.5, 0.6) is 0 Å². The molecule has 0 saturated heterocycles. The average molecular weight is 269 g/mol. The molecule has 0 aromatic heterocycles. The third kappa shape index (κ3) is 2.53. The number of benzene rings is 1. The molecule has 0 heterocycles. The summed E-state index contributed by atoms with van der Waals surface area (Å²) in [5.41, 5.74) is 5.42. The molecule has 0 unspecified atom stereocenters. The van der Waals surface area contributed by atoms with Crippen LogP contribution in [0.1, 0.15) is 19.3 Å². The summed E-state index contributed by atoms with van der Waals surface area (Å²) in [5.74, 6) is -0.291. The molecule has 1 aromatic carbocycles. The smallest absolute Gasteiger partial charge is 0.244 e. The van der Waals surface area contributed by atoms with E-state index in [2.05, 4.69) is 5.32 Å². The molecule has 5 N–H and O–H groups in total. The number of nitrogens with two attached hydrogens (primary N) is 2. The molecule has 2 rings (SSSR count). The molecule has 0 radical (unpaired) electrons. The summed E-state index contributed by atoms with van der Waals surface area (Å²) < 4.78 is 22.4. The van der Waals surface area contributed by atoms with Gasteiger partial charge in [0.1, 0.15) is 0 Å². The first-order chi connectivity index (χ1) is 8.31. The summed E-state index contributed by atoms with van der Waals surface area (Å²) in [6.07, 6.45) is 2.22. The molecule has 0 atom stereocenters. The molecule has 0 bridgehead atoms. The maximum absolute atomic E-state index is 11.9. The maximum atomic E-state index is 11.9. The standard InChI is InChI=1S/C11H15N3O3S/c12-11(5-2-6-11)10(15)14-8-3-1-4-9(7-8)18(13,16)17/h1,3-4,7H,2,5-6,12H2,(H,14,15)(H2,13,16,17). The summed E-state index contributed by atoms with van der Waals surface area (Å²) in [4.78, 5) is 11.8. The van der Waals surface area contributed by atoms with Crippen LogP contribution in [0.3, 0.4) is 0 Å². The van der Waals surface area contributed by atoms with E-state index in [1.54, 1.807) is 6.07 Å². The quantitative estimate of drug-likeness (QED) is 0.724. The van der Waals surface area contributed by atoms with Gasteiger partial charge >= 0.3 is 0 Å². The Morgan fingerprint density at radius 2 is 2.00 bits per heavy atom. The van der Waals surface area contributed by atoms with Crippen LogP contribution in [0.15, 0.2) is 29.2 Å². The Balaban J connectivity index is 2.18. The first-order valence-electron chi connectivity index (χ1n) is 5.54. The topological polar surface area (TPSA) is 115 Å². The van der Waals surface area contributed by atoms with Crippen LogP contribution in [-0.4, -0.2) is 19.9 Å². The highest BCUT2D eigenvalue weighted by Crippen LogP contribution is 2.30. The number of hydrogen-bond donors (Lipinski definition) is 3. The first-order valence-corrected chi connectivity index (χ1v) is 7.09. The van der Waals surface area contributed by atoms with E-state index in [4.69, 9.17) is 10.9 Å². The van der Waals surface area contributed by atoms with E-state index in [0.29, 0.717) is 18.5 Å². The van der Waals surface area contributed by atoms with Gasteiger partial charge in [-0.05, 0) is 37.5 Å². The second-order valence-corrected chi connectivity index (χ2v) is 6.10. The Morgan fingerprint density at radius 1 is 1.33 bits per heavy atom. The number of carbonyl (C=O) groups is 1. The minimum Gasteiger partial charge on any atom is -0.324 e. The van der Waals surface area contributed by atoms with E-state index in [-0.39, 0.29) is 10.8 Å². The van der Waals surface area contributed by atoms with Gasteiger partial charge in [0.05, 0.1) is 10.4 Å². The van der Waals surface area contributed by atoms with Gasteiger partial charge in [-0.1, -0.05) is 6.07 Å². The normalized spacial score (nSPS) is 17.9. The predicted molar refractivity (Wildman–Crippen MR) is 67.2 cm³/mol. The number of hydrogen-bond acceptors (Lipinski definition) is 4. The number of nitrogens with one attached hydrogen (secondary N) is 1. The molecule has 1 aliphatic rings. The number of carbonyl (C=O) groups excluding carboxylic acids is 1. The zero-order valence-electron chi connectivity index (χ0n) is 9.72. The highest BCUT2D eigenvalue weighted by Gasteiger charge is 2.40. The summed E-state index contributed by atoms with van der Waals surface area (Å²) in [6.45, 7) is 0. The summed E-state index contributed by atoms with van der Waals surface area (Å²) in [7, 11) is -3.77. The minimum absolute atomic E-state index is 0.0417. The minimum atomic E-state index is -3.77. The average Bonchev–Trinajstić information content (AvgIpc) is 2.25. The van der Waals surface area contributed by atoms with E-state index in [0.717, 1.165) is 6.42 Å². The van der Waals surface area contributed by atoms with Gasteiger partial charge in [0.25, 0.3) is 0 Å². The highest BCUT2D eigenvalue weighted by molar-refractivity contribution is 7.89. The van der Waals surface area contributed by atoms with Crippen molar-refractivity contribution < 1.29 is 13.2 Å². The lowest BCUT2D eigenvalue weighted by Crippen LogP contribution is -2.56. The molecular weight excluding hydrogens is 254 g/mol. The van der Waals surface area contributed by atoms with Crippen molar-refractivity contribution in [2.45, 2.75) is 29.7 Å². The molecule has 18 heavy (non-hydrogen) atoms. The molecule has 0 aliphatic heterocycles. The number of primary sulfonamides is 1. The van der Waals surface area contributed by atoms with E-state index < -0.39 is 15.6 Å². The van der Waals surface area contributed by atoms with Crippen molar-refractivity contribution in [3.8, 4) is 0 Å². The van der Waals surface area contributed by atoms with Crippen LogP contribution >= 0.6 is 0 Å². The van der Waals surface area contributed by atoms with Crippen molar-refractivity contribution in [1.82, 2.24) is 0 Å². The number of rotatable bonds is 3.